The standard InChI is InChI=1S/C52H33N3/c1-2-14-34(15-3-1)37-16-12-17-38(32-37)51-54-48(36-29-27-35(28-30-36)47-26-10-11-31-53-47)33-49(55-51)42-21-13-25-46-50(42)41-20-6-9-24-45(41)52(46)43-22-7-4-18-39(43)40-19-5-8-23-44(40)52/h1-33H. The SMILES string of the molecule is c1ccc(-c2cccc(-c3nc(-c4ccc(-c5ccccn5)cc4)cc(-c4cccc5c4-c4ccccc4C54c5ccccc5-c5ccccc54)n3)c2)cc1. The van der Waals surface area contributed by atoms with E-state index in [9.17, 15) is 0 Å². The molecule has 0 radical (unpaired) electrons. The zero-order valence-corrected chi connectivity index (χ0v) is 29.9. The first kappa shape index (κ1) is 31.3. The van der Waals surface area contributed by atoms with Gasteiger partial charge in [-0.1, -0.05) is 170 Å². The molecule has 2 aliphatic rings. The van der Waals surface area contributed by atoms with Crippen LogP contribution in [0.1, 0.15) is 22.3 Å². The highest BCUT2D eigenvalue weighted by atomic mass is 14.9. The zero-order chi connectivity index (χ0) is 36.3. The third-order valence-corrected chi connectivity index (χ3v) is 11.4. The smallest absolute Gasteiger partial charge is 0.160 e. The first-order chi connectivity index (χ1) is 27.3. The van der Waals surface area contributed by atoms with Gasteiger partial charge in [-0.25, -0.2) is 9.97 Å². The molecule has 9 aromatic rings. The Morgan fingerprint density at radius 3 is 1.55 bits per heavy atom. The molecule has 0 bridgehead atoms. The van der Waals surface area contributed by atoms with Gasteiger partial charge in [-0.15, -0.1) is 0 Å². The summed E-state index contributed by atoms with van der Waals surface area (Å²) in [5, 5.41) is 0. The van der Waals surface area contributed by atoms with Gasteiger partial charge in [0.15, 0.2) is 5.82 Å². The summed E-state index contributed by atoms with van der Waals surface area (Å²) in [4.78, 5) is 15.3. The van der Waals surface area contributed by atoms with Gasteiger partial charge in [0.25, 0.3) is 0 Å². The van der Waals surface area contributed by atoms with Gasteiger partial charge in [-0.3, -0.25) is 4.98 Å². The number of rotatable bonds is 5. The van der Waals surface area contributed by atoms with Crippen molar-refractivity contribution in [1.82, 2.24) is 15.0 Å². The molecule has 0 amide bonds. The number of pyridine rings is 1. The van der Waals surface area contributed by atoms with Crippen molar-refractivity contribution in [1.29, 1.82) is 0 Å². The van der Waals surface area contributed by atoms with Crippen LogP contribution < -0.4 is 0 Å². The summed E-state index contributed by atoms with van der Waals surface area (Å²) in [5.41, 5.74) is 19.0. The van der Waals surface area contributed by atoms with Crippen LogP contribution in [0, 0.1) is 0 Å². The van der Waals surface area contributed by atoms with E-state index in [2.05, 4.69) is 181 Å². The summed E-state index contributed by atoms with van der Waals surface area (Å²) in [6.45, 7) is 0. The molecule has 0 saturated heterocycles. The minimum atomic E-state index is -0.431. The second kappa shape index (κ2) is 12.4. The fraction of sp³-hybridized carbons (Fsp3) is 0.0192. The fourth-order valence-corrected chi connectivity index (χ4v) is 9.03. The van der Waals surface area contributed by atoms with Crippen molar-refractivity contribution >= 4 is 0 Å². The fourth-order valence-electron chi connectivity index (χ4n) is 9.03. The predicted octanol–water partition coefficient (Wildman–Crippen LogP) is 12.6. The first-order valence-electron chi connectivity index (χ1n) is 18.8. The van der Waals surface area contributed by atoms with Crippen molar-refractivity contribution in [2.75, 3.05) is 0 Å². The van der Waals surface area contributed by atoms with Crippen LogP contribution in [-0.2, 0) is 5.41 Å². The molecule has 0 unspecified atom stereocenters. The van der Waals surface area contributed by atoms with Crippen LogP contribution >= 0.6 is 0 Å². The maximum atomic E-state index is 5.43. The number of aromatic nitrogens is 3. The molecule has 11 rings (SSSR count). The van der Waals surface area contributed by atoms with Crippen molar-refractivity contribution < 1.29 is 0 Å². The third-order valence-electron chi connectivity index (χ3n) is 11.4. The maximum absolute atomic E-state index is 5.43. The molecule has 0 atom stereocenters. The molecule has 2 heterocycles. The molecule has 0 N–H and O–H groups in total. The zero-order valence-electron chi connectivity index (χ0n) is 29.9. The first-order valence-corrected chi connectivity index (χ1v) is 18.8. The Morgan fingerprint density at radius 1 is 0.309 bits per heavy atom. The normalized spacial score (nSPS) is 12.9. The Bertz CT molecular complexity index is 2870. The molecule has 2 aliphatic carbocycles. The quantitative estimate of drug-likeness (QED) is 0.179. The number of benzene rings is 7. The lowest BCUT2D eigenvalue weighted by atomic mass is 9.70. The van der Waals surface area contributed by atoms with E-state index in [0.717, 1.165) is 50.5 Å². The Balaban J connectivity index is 1.15. The van der Waals surface area contributed by atoms with Crippen molar-refractivity contribution in [2.24, 2.45) is 0 Å². The topological polar surface area (TPSA) is 38.7 Å². The summed E-state index contributed by atoms with van der Waals surface area (Å²) in [6.07, 6.45) is 1.83. The molecular weight excluding hydrogens is 667 g/mol. The second-order valence-electron chi connectivity index (χ2n) is 14.3. The Morgan fingerprint density at radius 2 is 0.836 bits per heavy atom. The minimum absolute atomic E-state index is 0.431. The summed E-state index contributed by atoms with van der Waals surface area (Å²) in [7, 11) is 0. The van der Waals surface area contributed by atoms with Gasteiger partial charge in [0.05, 0.1) is 22.5 Å². The van der Waals surface area contributed by atoms with Gasteiger partial charge in [0.1, 0.15) is 0 Å². The van der Waals surface area contributed by atoms with Crippen LogP contribution in [0.25, 0.3) is 78.5 Å². The molecule has 0 saturated carbocycles. The van der Waals surface area contributed by atoms with Crippen LogP contribution in [-0.4, -0.2) is 15.0 Å². The van der Waals surface area contributed by atoms with Crippen LogP contribution in [0.3, 0.4) is 0 Å². The number of nitrogens with zero attached hydrogens (tertiary/aromatic N) is 3. The van der Waals surface area contributed by atoms with Crippen molar-refractivity contribution in [2.45, 2.75) is 5.41 Å². The van der Waals surface area contributed by atoms with Gasteiger partial charge in [0, 0.05) is 28.5 Å². The summed E-state index contributed by atoms with van der Waals surface area (Å²) < 4.78 is 0. The van der Waals surface area contributed by atoms with Crippen molar-refractivity contribution in [3.05, 3.63) is 223 Å². The molecule has 1 spiro atoms. The summed E-state index contributed by atoms with van der Waals surface area (Å²) in [6, 6.07) is 69.4. The van der Waals surface area contributed by atoms with Crippen LogP contribution in [0.5, 0.6) is 0 Å². The van der Waals surface area contributed by atoms with Crippen LogP contribution in [0.2, 0.25) is 0 Å². The minimum Gasteiger partial charge on any atom is -0.256 e. The van der Waals surface area contributed by atoms with E-state index in [-0.39, 0.29) is 0 Å². The number of fused-ring (bicyclic) bond motifs is 10. The summed E-state index contributed by atoms with van der Waals surface area (Å²) in [5.74, 6) is 0.689. The molecule has 55 heavy (non-hydrogen) atoms. The van der Waals surface area contributed by atoms with Gasteiger partial charge < -0.3 is 0 Å². The molecule has 0 fully saturated rings. The van der Waals surface area contributed by atoms with E-state index in [1.807, 2.05) is 24.4 Å². The second-order valence-corrected chi connectivity index (χ2v) is 14.3. The monoisotopic (exact) mass is 699 g/mol. The van der Waals surface area contributed by atoms with E-state index in [4.69, 9.17) is 9.97 Å². The van der Waals surface area contributed by atoms with Crippen molar-refractivity contribution in [3.63, 3.8) is 0 Å². The predicted molar refractivity (Wildman–Crippen MR) is 223 cm³/mol. The van der Waals surface area contributed by atoms with E-state index >= 15 is 0 Å². The molecule has 3 heteroatoms. The average Bonchev–Trinajstić information content (AvgIpc) is 3.75. The lowest BCUT2D eigenvalue weighted by Gasteiger charge is -2.30. The highest BCUT2D eigenvalue weighted by molar-refractivity contribution is 5.99. The molecule has 256 valence electrons. The van der Waals surface area contributed by atoms with E-state index in [1.165, 1.54) is 44.5 Å². The highest BCUT2D eigenvalue weighted by Gasteiger charge is 2.52. The van der Waals surface area contributed by atoms with E-state index in [1.54, 1.807) is 0 Å². The van der Waals surface area contributed by atoms with Gasteiger partial charge in [-0.05, 0) is 79.9 Å². The molecule has 3 nitrogen and oxygen atoms in total. The Hall–Kier alpha value is -7.23. The maximum Gasteiger partial charge on any atom is 0.160 e. The third kappa shape index (κ3) is 4.80. The lowest BCUT2D eigenvalue weighted by molar-refractivity contribution is 0.794. The molecule has 2 aromatic heterocycles. The lowest BCUT2D eigenvalue weighted by Crippen LogP contribution is -2.25. The number of hydrogen-bond donors (Lipinski definition) is 0. The van der Waals surface area contributed by atoms with Crippen molar-refractivity contribution in [3.8, 4) is 78.5 Å². The van der Waals surface area contributed by atoms with Gasteiger partial charge >= 0.3 is 0 Å². The Labute approximate surface area is 320 Å². The Kier molecular flexibility index (Phi) is 7.08. The largest absolute Gasteiger partial charge is 0.256 e. The summed E-state index contributed by atoms with van der Waals surface area (Å²) >= 11 is 0. The van der Waals surface area contributed by atoms with E-state index in [0.29, 0.717) is 5.82 Å². The number of hydrogen-bond acceptors (Lipinski definition) is 3. The molecule has 7 aromatic carbocycles. The van der Waals surface area contributed by atoms with Gasteiger partial charge in [-0.2, -0.15) is 0 Å². The van der Waals surface area contributed by atoms with E-state index < -0.39 is 5.41 Å². The van der Waals surface area contributed by atoms with Crippen LogP contribution in [0.15, 0.2) is 200 Å². The highest BCUT2D eigenvalue weighted by Crippen LogP contribution is 2.63. The van der Waals surface area contributed by atoms with Crippen LogP contribution in [0.4, 0.5) is 0 Å². The molecular formula is C52H33N3. The average molecular weight is 700 g/mol. The molecule has 0 aliphatic heterocycles. The van der Waals surface area contributed by atoms with Gasteiger partial charge in [0.2, 0.25) is 0 Å².